The highest BCUT2D eigenvalue weighted by Crippen LogP contribution is 2.12. The van der Waals surface area contributed by atoms with Gasteiger partial charge in [-0.2, -0.15) is 11.8 Å². The van der Waals surface area contributed by atoms with E-state index in [2.05, 4.69) is 19.6 Å². The van der Waals surface area contributed by atoms with Crippen LogP contribution >= 0.6 is 11.8 Å². The van der Waals surface area contributed by atoms with Crippen LogP contribution in [0.1, 0.15) is 46.0 Å². The maximum Gasteiger partial charge on any atom is 0.0166 e. The molecule has 0 aliphatic rings. The minimum absolute atomic E-state index is 1.30. The van der Waals surface area contributed by atoms with Crippen molar-refractivity contribution >= 4 is 11.8 Å². The molecule has 0 heterocycles. The van der Waals surface area contributed by atoms with Gasteiger partial charge in [0.15, 0.2) is 0 Å². The summed E-state index contributed by atoms with van der Waals surface area (Å²) in [4.78, 5) is 0. The van der Waals surface area contributed by atoms with Crippen LogP contribution in [0.15, 0.2) is 0 Å². The summed E-state index contributed by atoms with van der Waals surface area (Å²) in [5, 5.41) is 0. The summed E-state index contributed by atoms with van der Waals surface area (Å²) in [7, 11) is 0. The number of hydrogen-bond acceptors (Lipinski definition) is 1. The Kier molecular flexibility index (Phi) is 9.68. The van der Waals surface area contributed by atoms with E-state index in [9.17, 15) is 0 Å². The molecule has 0 saturated heterocycles. The summed E-state index contributed by atoms with van der Waals surface area (Å²) < 4.78 is 0. The maximum atomic E-state index is 2.36. The summed E-state index contributed by atoms with van der Waals surface area (Å²) in [5.41, 5.74) is 0. The van der Waals surface area contributed by atoms with E-state index in [0.717, 1.165) is 0 Å². The van der Waals surface area contributed by atoms with Crippen LogP contribution in [0.2, 0.25) is 0 Å². The molecule has 0 aromatic heterocycles. The van der Waals surface area contributed by atoms with Crippen molar-refractivity contribution in [1.29, 1.82) is 0 Å². The van der Waals surface area contributed by atoms with Gasteiger partial charge in [0, 0.05) is 5.75 Å². The van der Waals surface area contributed by atoms with E-state index in [-0.39, 0.29) is 0 Å². The quantitative estimate of drug-likeness (QED) is 0.508. The van der Waals surface area contributed by atoms with Gasteiger partial charge in [-0.25, -0.2) is 0 Å². The molecule has 0 N–H and O–H groups in total. The molecule has 0 atom stereocenters. The molecule has 0 rings (SSSR count). The maximum absolute atomic E-state index is 2.36. The van der Waals surface area contributed by atoms with E-state index in [1.807, 2.05) is 11.8 Å². The lowest BCUT2D eigenvalue weighted by Crippen LogP contribution is -1.76. The van der Waals surface area contributed by atoms with Crippen LogP contribution in [0.5, 0.6) is 0 Å². The molecule has 0 nitrogen and oxygen atoms in total. The molecule has 0 amide bonds. The molecular weight excluding hydrogens is 140 g/mol. The Morgan fingerprint density at radius 1 is 1.10 bits per heavy atom. The third kappa shape index (κ3) is 8.35. The average Bonchev–Trinajstić information content (AvgIpc) is 1.97. The van der Waals surface area contributed by atoms with Crippen molar-refractivity contribution in [1.82, 2.24) is 0 Å². The van der Waals surface area contributed by atoms with E-state index in [1.165, 1.54) is 37.9 Å². The first-order valence-electron chi connectivity index (χ1n) is 4.35. The van der Waals surface area contributed by atoms with Gasteiger partial charge in [0.05, 0.1) is 0 Å². The molecule has 1 heteroatoms. The van der Waals surface area contributed by atoms with Crippen LogP contribution in [-0.2, 0) is 0 Å². The van der Waals surface area contributed by atoms with Crippen molar-refractivity contribution in [3.05, 3.63) is 5.75 Å². The van der Waals surface area contributed by atoms with Crippen molar-refractivity contribution in [3.8, 4) is 0 Å². The molecule has 0 aromatic carbocycles. The summed E-state index contributed by atoms with van der Waals surface area (Å²) in [6, 6.07) is 0. The van der Waals surface area contributed by atoms with Gasteiger partial charge in [-0.3, -0.25) is 0 Å². The molecule has 0 saturated carbocycles. The number of rotatable bonds is 7. The van der Waals surface area contributed by atoms with E-state index in [4.69, 9.17) is 0 Å². The lowest BCUT2D eigenvalue weighted by Gasteiger charge is -1.97. The van der Waals surface area contributed by atoms with Crippen molar-refractivity contribution < 1.29 is 0 Å². The van der Waals surface area contributed by atoms with Crippen LogP contribution in [0.4, 0.5) is 0 Å². The first kappa shape index (κ1) is 10.3. The van der Waals surface area contributed by atoms with E-state index < -0.39 is 0 Å². The molecule has 0 aliphatic carbocycles. The third-order valence-electron chi connectivity index (χ3n) is 1.37. The second-order valence-corrected chi connectivity index (χ2v) is 3.61. The highest BCUT2D eigenvalue weighted by Gasteiger charge is 1.88. The van der Waals surface area contributed by atoms with Gasteiger partial charge in [-0.15, -0.1) is 0 Å². The van der Waals surface area contributed by atoms with E-state index >= 15 is 0 Å². The van der Waals surface area contributed by atoms with Gasteiger partial charge >= 0.3 is 0 Å². The normalized spacial score (nSPS) is 10.2. The summed E-state index contributed by atoms with van der Waals surface area (Å²) >= 11 is 1.98. The summed E-state index contributed by atoms with van der Waals surface area (Å²) in [5.74, 6) is 3.66. The zero-order valence-corrected chi connectivity index (χ0v) is 8.04. The zero-order valence-electron chi connectivity index (χ0n) is 7.23. The van der Waals surface area contributed by atoms with Gasteiger partial charge in [0.1, 0.15) is 0 Å². The fourth-order valence-corrected chi connectivity index (χ4v) is 1.50. The largest absolute Gasteiger partial charge is 0.157 e. The lowest BCUT2D eigenvalue weighted by atomic mass is 10.2. The number of hydrogen-bond donors (Lipinski definition) is 0. The molecular formula is C9H19S. The predicted octanol–water partition coefficient (Wildman–Crippen LogP) is 3.87. The van der Waals surface area contributed by atoms with Gasteiger partial charge in [-0.05, 0) is 18.6 Å². The minimum Gasteiger partial charge on any atom is -0.157 e. The molecule has 0 aliphatic heterocycles. The Morgan fingerprint density at radius 3 is 2.50 bits per heavy atom. The van der Waals surface area contributed by atoms with E-state index in [1.54, 1.807) is 0 Å². The highest BCUT2D eigenvalue weighted by molar-refractivity contribution is 8.01. The average molecular weight is 159 g/mol. The smallest absolute Gasteiger partial charge is 0.0166 e. The summed E-state index contributed by atoms with van der Waals surface area (Å²) in [6.07, 6.45) is 6.72. The molecule has 0 fully saturated rings. The van der Waals surface area contributed by atoms with Gasteiger partial charge < -0.3 is 0 Å². The Morgan fingerprint density at radius 2 is 1.90 bits per heavy atom. The van der Waals surface area contributed by atoms with E-state index in [0.29, 0.717) is 0 Å². The zero-order chi connectivity index (χ0) is 7.66. The van der Waals surface area contributed by atoms with Gasteiger partial charge in [0.2, 0.25) is 0 Å². The highest BCUT2D eigenvalue weighted by atomic mass is 32.2. The molecule has 10 heavy (non-hydrogen) atoms. The van der Waals surface area contributed by atoms with Crippen LogP contribution in [0, 0.1) is 5.75 Å². The minimum atomic E-state index is 1.30. The lowest BCUT2D eigenvalue weighted by molar-refractivity contribution is 0.724. The standard InChI is InChI=1S/C9H19S/c1-3-5-6-7-9-10-8-4-2/h9H,3-8H2,1-2H3. The molecule has 0 spiro atoms. The Labute approximate surface area is 69.8 Å². The molecule has 0 bridgehead atoms. The topological polar surface area (TPSA) is 0 Å². The number of unbranched alkanes of at least 4 members (excludes halogenated alkanes) is 3. The van der Waals surface area contributed by atoms with Crippen LogP contribution < -0.4 is 0 Å². The van der Waals surface area contributed by atoms with Crippen molar-refractivity contribution in [2.45, 2.75) is 46.0 Å². The van der Waals surface area contributed by atoms with Crippen LogP contribution in [0.3, 0.4) is 0 Å². The second kappa shape index (κ2) is 9.35. The SMILES string of the molecule is CCCCC[CH]SCCC. The number of thioether (sulfide) groups is 1. The Hall–Kier alpha value is 0.350. The molecule has 0 unspecified atom stereocenters. The van der Waals surface area contributed by atoms with Gasteiger partial charge in [0.25, 0.3) is 0 Å². The van der Waals surface area contributed by atoms with Gasteiger partial charge in [-0.1, -0.05) is 33.1 Å². The van der Waals surface area contributed by atoms with Crippen molar-refractivity contribution in [2.75, 3.05) is 5.75 Å². The van der Waals surface area contributed by atoms with Crippen LogP contribution in [0.25, 0.3) is 0 Å². The summed E-state index contributed by atoms with van der Waals surface area (Å²) in [6.45, 7) is 4.48. The first-order valence-corrected chi connectivity index (χ1v) is 5.40. The Bertz CT molecular complexity index is 44.7. The molecule has 0 aromatic rings. The predicted molar refractivity (Wildman–Crippen MR) is 51.2 cm³/mol. The molecule has 1 radical (unpaired) electrons. The monoisotopic (exact) mass is 159 g/mol. The second-order valence-electron chi connectivity index (χ2n) is 2.53. The third-order valence-corrected chi connectivity index (χ3v) is 2.48. The fraction of sp³-hybridized carbons (Fsp3) is 0.889. The van der Waals surface area contributed by atoms with Crippen molar-refractivity contribution in [2.24, 2.45) is 0 Å². The fourth-order valence-electron chi connectivity index (χ4n) is 0.762. The van der Waals surface area contributed by atoms with Crippen molar-refractivity contribution in [3.63, 3.8) is 0 Å². The molecule has 61 valence electrons. The van der Waals surface area contributed by atoms with Crippen LogP contribution in [-0.4, -0.2) is 5.75 Å². The Balaban J connectivity index is 2.65. The first-order chi connectivity index (χ1) is 4.91.